The molecule has 0 aromatic rings. The fourth-order valence-electron chi connectivity index (χ4n) is 4.58. The van der Waals surface area contributed by atoms with Crippen molar-refractivity contribution < 1.29 is 0 Å². The molecule has 2 aliphatic carbocycles. The van der Waals surface area contributed by atoms with Crippen LogP contribution in [0, 0.1) is 0 Å². The highest BCUT2D eigenvalue weighted by atomic mass is 28.3. The minimum absolute atomic E-state index is 0.847. The molecule has 2 saturated carbocycles. The van der Waals surface area contributed by atoms with Crippen LogP contribution in [0.4, 0.5) is 0 Å². The zero-order valence-corrected chi connectivity index (χ0v) is 14.7. The average molecular weight is 278 g/mol. The summed E-state index contributed by atoms with van der Waals surface area (Å²) >= 11 is 0. The lowest BCUT2D eigenvalue weighted by Crippen LogP contribution is -2.32. The maximum absolute atomic E-state index is 2.56. The summed E-state index contributed by atoms with van der Waals surface area (Å²) in [5.74, 6) is 2.21. The van der Waals surface area contributed by atoms with Crippen molar-refractivity contribution in [1.82, 2.24) is 0 Å². The van der Waals surface area contributed by atoms with Gasteiger partial charge in [-0.25, -0.2) is 0 Å². The molecule has 0 spiro atoms. The molecule has 0 amide bonds. The molecule has 0 heterocycles. The summed E-state index contributed by atoms with van der Waals surface area (Å²) in [4.78, 5) is 0. The lowest BCUT2D eigenvalue weighted by molar-refractivity contribution is 0.460. The summed E-state index contributed by atoms with van der Waals surface area (Å²) in [5, 5.41) is 0. The van der Waals surface area contributed by atoms with Crippen molar-refractivity contribution in [2.24, 2.45) is 0 Å². The van der Waals surface area contributed by atoms with Crippen molar-refractivity contribution in [3.8, 4) is 0 Å². The normalized spacial score (nSPS) is 23.5. The van der Waals surface area contributed by atoms with E-state index in [0.717, 1.165) is 18.3 Å². The van der Waals surface area contributed by atoms with Crippen molar-refractivity contribution >= 4 is 14.8 Å². The van der Waals surface area contributed by atoms with Crippen LogP contribution in [0.3, 0.4) is 0 Å². The van der Waals surface area contributed by atoms with E-state index >= 15 is 0 Å². The van der Waals surface area contributed by atoms with E-state index in [1.165, 1.54) is 38.5 Å². The highest BCUT2D eigenvalue weighted by molar-refractivity contribution is 6.77. The molecule has 0 bridgehead atoms. The maximum Gasteiger partial charge on any atom is 0.146 e. The van der Waals surface area contributed by atoms with Crippen LogP contribution in [0.15, 0.2) is 0 Å². The van der Waals surface area contributed by atoms with Gasteiger partial charge in [0, 0.05) is 8.07 Å². The summed E-state index contributed by atoms with van der Waals surface area (Å²) in [7, 11) is -0.847. The minimum Gasteiger partial charge on any atom is -0.0761 e. The lowest BCUT2D eigenvalue weighted by atomic mass is 9.29. The van der Waals surface area contributed by atoms with Gasteiger partial charge < -0.3 is 0 Å². The van der Waals surface area contributed by atoms with E-state index in [2.05, 4.69) is 19.6 Å². The highest BCUT2D eigenvalue weighted by Crippen LogP contribution is 2.43. The van der Waals surface area contributed by atoms with Crippen molar-refractivity contribution in [2.45, 2.75) is 108 Å². The number of hydrogen-bond acceptors (Lipinski definition) is 0. The topological polar surface area (TPSA) is 0 Å². The quantitative estimate of drug-likeness (QED) is 0.504. The Morgan fingerprint density at radius 1 is 0.737 bits per heavy atom. The Morgan fingerprint density at radius 2 is 1.16 bits per heavy atom. The van der Waals surface area contributed by atoms with Gasteiger partial charge in [-0.05, 0) is 0 Å². The van der Waals surface area contributed by atoms with E-state index in [1.807, 2.05) is 0 Å². The first-order chi connectivity index (χ1) is 9.06. The van der Waals surface area contributed by atoms with Crippen LogP contribution in [0.25, 0.3) is 0 Å². The van der Waals surface area contributed by atoms with Crippen LogP contribution in [0.5, 0.6) is 0 Å². The Hall–Kier alpha value is 0.282. The molecule has 0 radical (unpaired) electrons. The molecule has 110 valence electrons. The van der Waals surface area contributed by atoms with Gasteiger partial charge in [0.05, 0.1) is 0 Å². The second kappa shape index (κ2) is 7.34. The molecular formula is C17H35BSi. The Kier molecular flexibility index (Phi) is 6.05. The minimum atomic E-state index is -0.847. The van der Waals surface area contributed by atoms with Gasteiger partial charge in [0.25, 0.3) is 0 Å². The standard InChI is InChI=1S/C17H35BSi/c1-19(2,3)15-14-18(16-10-6-4-7-11-16)17-12-8-5-9-13-17/h16-17H,4-15H2,1-3H3. The van der Waals surface area contributed by atoms with Gasteiger partial charge in [-0.2, -0.15) is 0 Å². The van der Waals surface area contributed by atoms with Gasteiger partial charge in [-0.3, -0.25) is 0 Å². The summed E-state index contributed by atoms with van der Waals surface area (Å²) in [6.45, 7) is 8.79. The third kappa shape index (κ3) is 5.29. The Labute approximate surface area is 123 Å². The van der Waals surface area contributed by atoms with Crippen molar-refractivity contribution in [3.05, 3.63) is 0 Å². The summed E-state index contributed by atoms with van der Waals surface area (Å²) in [5.41, 5.74) is 0. The Balaban J connectivity index is 1.94. The second-order valence-corrected chi connectivity index (χ2v) is 14.2. The van der Waals surface area contributed by atoms with Gasteiger partial charge in [-0.1, -0.05) is 108 Å². The molecule has 2 rings (SSSR count). The zero-order chi connectivity index (χ0) is 13.7. The van der Waals surface area contributed by atoms with Crippen molar-refractivity contribution in [2.75, 3.05) is 0 Å². The third-order valence-electron chi connectivity index (χ3n) is 5.74. The molecule has 2 heteroatoms. The second-order valence-electron chi connectivity index (χ2n) is 8.56. The van der Waals surface area contributed by atoms with Gasteiger partial charge in [-0.15, -0.1) is 0 Å². The van der Waals surface area contributed by atoms with Gasteiger partial charge in [0.1, 0.15) is 6.71 Å². The van der Waals surface area contributed by atoms with Crippen LogP contribution < -0.4 is 0 Å². The van der Waals surface area contributed by atoms with Crippen molar-refractivity contribution in [3.63, 3.8) is 0 Å². The summed E-state index contributed by atoms with van der Waals surface area (Å²) < 4.78 is 0. The molecule has 0 unspecified atom stereocenters. The zero-order valence-electron chi connectivity index (χ0n) is 13.7. The predicted octanol–water partition coefficient (Wildman–Crippen LogP) is 6.49. The predicted molar refractivity (Wildman–Crippen MR) is 92.4 cm³/mol. The summed E-state index contributed by atoms with van der Waals surface area (Å²) in [6.07, 6.45) is 17.0. The molecule has 0 N–H and O–H groups in total. The first-order valence-corrected chi connectivity index (χ1v) is 12.8. The van der Waals surface area contributed by atoms with Crippen LogP contribution in [-0.4, -0.2) is 14.8 Å². The van der Waals surface area contributed by atoms with E-state index in [1.54, 1.807) is 38.0 Å². The summed E-state index contributed by atoms with van der Waals surface area (Å²) in [6, 6.07) is 1.57. The van der Waals surface area contributed by atoms with Gasteiger partial charge in [0.2, 0.25) is 0 Å². The van der Waals surface area contributed by atoms with E-state index in [4.69, 9.17) is 0 Å². The number of rotatable bonds is 5. The molecule has 0 aromatic carbocycles. The van der Waals surface area contributed by atoms with E-state index < -0.39 is 8.07 Å². The van der Waals surface area contributed by atoms with Crippen molar-refractivity contribution in [1.29, 1.82) is 0 Å². The largest absolute Gasteiger partial charge is 0.146 e. The molecule has 2 aliphatic rings. The van der Waals surface area contributed by atoms with Crippen LogP contribution >= 0.6 is 0 Å². The molecular weight excluding hydrogens is 243 g/mol. The van der Waals surface area contributed by atoms with Crippen LogP contribution in [-0.2, 0) is 0 Å². The van der Waals surface area contributed by atoms with Gasteiger partial charge >= 0.3 is 0 Å². The molecule has 0 aromatic heterocycles. The fourth-order valence-corrected chi connectivity index (χ4v) is 5.78. The van der Waals surface area contributed by atoms with E-state index in [9.17, 15) is 0 Å². The first kappa shape index (κ1) is 15.7. The molecule has 19 heavy (non-hydrogen) atoms. The molecule has 2 fully saturated rings. The molecule has 0 aliphatic heterocycles. The molecule has 0 nitrogen and oxygen atoms in total. The third-order valence-corrected chi connectivity index (χ3v) is 7.53. The fraction of sp³-hybridized carbons (Fsp3) is 1.00. The average Bonchev–Trinajstić information content (AvgIpc) is 2.40. The molecule has 0 saturated heterocycles. The monoisotopic (exact) mass is 278 g/mol. The highest BCUT2D eigenvalue weighted by Gasteiger charge is 2.34. The van der Waals surface area contributed by atoms with Crippen LogP contribution in [0.1, 0.15) is 64.2 Å². The molecule has 0 atom stereocenters. The first-order valence-electron chi connectivity index (χ1n) is 9.06. The van der Waals surface area contributed by atoms with Crippen LogP contribution in [0.2, 0.25) is 43.6 Å². The lowest BCUT2D eigenvalue weighted by Gasteiger charge is -2.36. The number of hydrogen-bond donors (Lipinski definition) is 0. The maximum atomic E-state index is 2.56. The Morgan fingerprint density at radius 3 is 1.53 bits per heavy atom. The van der Waals surface area contributed by atoms with Gasteiger partial charge in [0.15, 0.2) is 0 Å². The smallest absolute Gasteiger partial charge is 0.0761 e. The Bertz CT molecular complexity index is 228. The van der Waals surface area contributed by atoms with E-state index in [0.29, 0.717) is 0 Å². The van der Waals surface area contributed by atoms with E-state index in [-0.39, 0.29) is 0 Å². The SMILES string of the molecule is C[Si](C)(C)CCB(C1CCCCC1)C1CCCCC1.